The summed E-state index contributed by atoms with van der Waals surface area (Å²) in [5, 5.41) is 7.56. The van der Waals surface area contributed by atoms with Crippen molar-refractivity contribution in [2.75, 3.05) is 36.4 Å². The first-order chi connectivity index (χ1) is 14.5. The fraction of sp³-hybridized carbons (Fsp3) is 0.364. The smallest absolute Gasteiger partial charge is 0.246 e. The van der Waals surface area contributed by atoms with E-state index in [9.17, 15) is 8.78 Å². The molecule has 156 valence electrons. The van der Waals surface area contributed by atoms with E-state index in [1.807, 2.05) is 6.92 Å². The highest BCUT2D eigenvalue weighted by atomic mass is 19.1. The third-order valence-electron chi connectivity index (χ3n) is 5.81. The quantitative estimate of drug-likeness (QED) is 0.692. The topological polar surface area (TPSA) is 49.2 Å². The number of piperazine rings is 1. The first kappa shape index (κ1) is 19.0. The van der Waals surface area contributed by atoms with Crippen LogP contribution in [-0.4, -0.2) is 51.9 Å². The Morgan fingerprint density at radius 2 is 1.67 bits per heavy atom. The van der Waals surface area contributed by atoms with E-state index in [1.165, 1.54) is 41.7 Å². The number of hydrogen-bond acceptors (Lipinski definition) is 5. The van der Waals surface area contributed by atoms with Crippen molar-refractivity contribution in [3.05, 3.63) is 59.9 Å². The van der Waals surface area contributed by atoms with Gasteiger partial charge in [-0.2, -0.15) is 4.98 Å². The van der Waals surface area contributed by atoms with Crippen molar-refractivity contribution >= 4 is 17.3 Å². The molecule has 2 fully saturated rings. The molecule has 30 heavy (non-hydrogen) atoms. The van der Waals surface area contributed by atoms with Crippen LogP contribution in [0, 0.1) is 18.6 Å². The van der Waals surface area contributed by atoms with Crippen molar-refractivity contribution in [3.8, 4) is 5.69 Å². The Labute approximate surface area is 174 Å². The predicted molar refractivity (Wildman–Crippen MR) is 113 cm³/mol. The number of rotatable bonds is 5. The van der Waals surface area contributed by atoms with Crippen LogP contribution in [0.15, 0.2) is 42.7 Å². The Kier molecular flexibility index (Phi) is 4.86. The molecule has 0 radical (unpaired) electrons. The van der Waals surface area contributed by atoms with Crippen LogP contribution < -0.4 is 10.2 Å². The highest BCUT2D eigenvalue weighted by molar-refractivity contribution is 5.66. The second-order valence-electron chi connectivity index (χ2n) is 8.02. The second kappa shape index (κ2) is 7.68. The van der Waals surface area contributed by atoms with Gasteiger partial charge in [0, 0.05) is 49.7 Å². The summed E-state index contributed by atoms with van der Waals surface area (Å²) in [7, 11) is 0. The second-order valence-corrected chi connectivity index (χ2v) is 8.02. The molecule has 1 N–H and O–H groups in total. The Morgan fingerprint density at radius 3 is 2.37 bits per heavy atom. The van der Waals surface area contributed by atoms with Crippen molar-refractivity contribution in [2.45, 2.75) is 25.8 Å². The van der Waals surface area contributed by atoms with E-state index in [2.05, 4.69) is 43.4 Å². The van der Waals surface area contributed by atoms with Gasteiger partial charge in [0.1, 0.15) is 18.0 Å². The number of nitrogens with one attached hydrogen (secondary N) is 1. The molecule has 2 aromatic carbocycles. The third-order valence-corrected chi connectivity index (χ3v) is 5.81. The van der Waals surface area contributed by atoms with Crippen molar-refractivity contribution < 1.29 is 8.78 Å². The van der Waals surface area contributed by atoms with Gasteiger partial charge in [0.2, 0.25) is 5.95 Å². The van der Waals surface area contributed by atoms with E-state index in [-0.39, 0.29) is 5.69 Å². The molecule has 5 rings (SSSR count). The molecule has 1 saturated carbocycles. The molecule has 0 spiro atoms. The number of hydrogen-bond donors (Lipinski definition) is 1. The average Bonchev–Trinajstić information content (AvgIpc) is 3.48. The van der Waals surface area contributed by atoms with Crippen molar-refractivity contribution in [1.29, 1.82) is 0 Å². The zero-order valence-corrected chi connectivity index (χ0v) is 16.9. The zero-order valence-electron chi connectivity index (χ0n) is 16.9. The Bertz CT molecular complexity index is 1030. The van der Waals surface area contributed by atoms with Crippen LogP contribution in [0.25, 0.3) is 5.69 Å². The molecule has 1 aliphatic heterocycles. The molecule has 3 aromatic rings. The van der Waals surface area contributed by atoms with E-state index >= 15 is 0 Å². The summed E-state index contributed by atoms with van der Waals surface area (Å²) in [5.41, 5.74) is 3.45. The maximum Gasteiger partial charge on any atom is 0.246 e. The van der Waals surface area contributed by atoms with Gasteiger partial charge in [-0.15, -0.1) is 5.10 Å². The molecule has 2 heterocycles. The maximum absolute atomic E-state index is 13.5. The molecule has 8 heteroatoms. The lowest BCUT2D eigenvalue weighted by atomic mass is 10.1. The van der Waals surface area contributed by atoms with Gasteiger partial charge in [0.25, 0.3) is 0 Å². The van der Waals surface area contributed by atoms with Crippen molar-refractivity contribution in [3.63, 3.8) is 0 Å². The average molecular weight is 410 g/mol. The van der Waals surface area contributed by atoms with Crippen LogP contribution in [0.1, 0.15) is 18.4 Å². The van der Waals surface area contributed by atoms with Crippen LogP contribution in [0.4, 0.5) is 26.1 Å². The van der Waals surface area contributed by atoms with Crippen LogP contribution >= 0.6 is 0 Å². The molecule has 2 aliphatic rings. The highest BCUT2D eigenvalue weighted by Crippen LogP contribution is 2.30. The molecular formula is C22H24F2N6. The van der Waals surface area contributed by atoms with E-state index in [1.54, 1.807) is 0 Å². The molecule has 6 nitrogen and oxygen atoms in total. The lowest BCUT2D eigenvalue weighted by molar-refractivity contribution is 0.248. The first-order valence-electron chi connectivity index (χ1n) is 10.3. The minimum atomic E-state index is -0.652. The maximum atomic E-state index is 13.5. The fourth-order valence-corrected chi connectivity index (χ4v) is 3.96. The van der Waals surface area contributed by atoms with E-state index in [0.29, 0.717) is 5.95 Å². The number of aryl methyl sites for hydroxylation is 1. The van der Waals surface area contributed by atoms with Crippen molar-refractivity contribution in [2.24, 2.45) is 0 Å². The summed E-state index contributed by atoms with van der Waals surface area (Å²) >= 11 is 0. The van der Waals surface area contributed by atoms with E-state index in [4.69, 9.17) is 0 Å². The van der Waals surface area contributed by atoms with E-state index in [0.717, 1.165) is 49.5 Å². The van der Waals surface area contributed by atoms with Gasteiger partial charge in [-0.3, -0.25) is 4.90 Å². The van der Waals surface area contributed by atoms with Crippen LogP contribution in [-0.2, 0) is 0 Å². The summed E-state index contributed by atoms with van der Waals surface area (Å²) in [4.78, 5) is 9.24. The molecule has 1 aromatic heterocycles. The lowest BCUT2D eigenvalue weighted by Crippen LogP contribution is -2.47. The Morgan fingerprint density at radius 1 is 0.933 bits per heavy atom. The Balaban J connectivity index is 1.31. The fourth-order valence-electron chi connectivity index (χ4n) is 3.96. The molecule has 1 aliphatic carbocycles. The molecule has 0 unspecified atom stereocenters. The van der Waals surface area contributed by atoms with Crippen LogP contribution in [0.3, 0.4) is 0 Å². The van der Waals surface area contributed by atoms with Gasteiger partial charge in [-0.05, 0) is 49.6 Å². The standard InChI is InChI=1S/C22H24F2N6/c1-15-2-3-19(29-8-6-28(7-9-29)18-4-5-18)13-21(15)26-22-25-14-30(27-22)20-11-16(23)10-17(24)12-20/h2-3,10-14,18H,4-9H2,1H3,(H,26,27). The third kappa shape index (κ3) is 4.00. The molecule has 0 amide bonds. The summed E-state index contributed by atoms with van der Waals surface area (Å²) in [6.07, 6.45) is 4.13. The SMILES string of the molecule is Cc1ccc(N2CCN(C3CC3)CC2)cc1Nc1ncn(-c2cc(F)cc(F)c2)n1. The number of halogens is 2. The summed E-state index contributed by atoms with van der Waals surface area (Å²) in [5.74, 6) is -0.931. The lowest BCUT2D eigenvalue weighted by Gasteiger charge is -2.36. The summed E-state index contributed by atoms with van der Waals surface area (Å²) < 4.78 is 28.3. The van der Waals surface area contributed by atoms with Crippen LogP contribution in [0.2, 0.25) is 0 Å². The van der Waals surface area contributed by atoms with Gasteiger partial charge < -0.3 is 10.2 Å². The molecule has 1 saturated heterocycles. The number of benzene rings is 2. The number of aromatic nitrogens is 3. The number of anilines is 3. The van der Waals surface area contributed by atoms with Gasteiger partial charge in [-0.25, -0.2) is 13.5 Å². The van der Waals surface area contributed by atoms with Gasteiger partial charge >= 0.3 is 0 Å². The van der Waals surface area contributed by atoms with Crippen LogP contribution in [0.5, 0.6) is 0 Å². The minimum absolute atomic E-state index is 0.284. The summed E-state index contributed by atoms with van der Waals surface area (Å²) in [6, 6.07) is 10.4. The van der Waals surface area contributed by atoms with Gasteiger partial charge in [0.05, 0.1) is 5.69 Å². The first-order valence-corrected chi connectivity index (χ1v) is 10.3. The zero-order chi connectivity index (χ0) is 20.7. The van der Waals surface area contributed by atoms with Gasteiger partial charge in [-0.1, -0.05) is 6.07 Å². The molecular weight excluding hydrogens is 386 g/mol. The minimum Gasteiger partial charge on any atom is -0.369 e. The highest BCUT2D eigenvalue weighted by Gasteiger charge is 2.31. The molecule has 0 atom stereocenters. The predicted octanol–water partition coefficient (Wildman–Crippen LogP) is 3.88. The summed E-state index contributed by atoms with van der Waals surface area (Å²) in [6.45, 7) is 6.29. The number of nitrogens with zero attached hydrogens (tertiary/aromatic N) is 5. The van der Waals surface area contributed by atoms with E-state index < -0.39 is 11.6 Å². The normalized spacial score (nSPS) is 17.4. The van der Waals surface area contributed by atoms with Gasteiger partial charge in [0.15, 0.2) is 0 Å². The molecule has 0 bridgehead atoms. The monoisotopic (exact) mass is 410 g/mol. The Hall–Kier alpha value is -3.00. The largest absolute Gasteiger partial charge is 0.369 e. The van der Waals surface area contributed by atoms with Crippen molar-refractivity contribution in [1.82, 2.24) is 19.7 Å².